The maximum atomic E-state index is 12.8. The molecule has 1 saturated heterocycles. The normalized spacial score (nSPS) is 15.8. The second-order valence-corrected chi connectivity index (χ2v) is 6.71. The molecule has 1 fully saturated rings. The maximum Gasteiger partial charge on any atom is 0.305 e. The molecule has 1 aliphatic rings. The molecule has 0 saturated carbocycles. The van der Waals surface area contributed by atoms with Gasteiger partial charge in [0.2, 0.25) is 0 Å². The van der Waals surface area contributed by atoms with Crippen molar-refractivity contribution in [1.29, 1.82) is 0 Å². The number of carbonyl (C=O) groups excluding carboxylic acids is 1. The third-order valence-electron chi connectivity index (χ3n) is 4.58. The zero-order valence-electron chi connectivity index (χ0n) is 16.1. The summed E-state index contributed by atoms with van der Waals surface area (Å²) in [6.07, 6.45) is 2.79. The molecular weight excluding hydrogens is 350 g/mol. The number of carboxylic acids is 1. The van der Waals surface area contributed by atoms with Gasteiger partial charge in [-0.15, -0.1) is 0 Å². The number of unbranched alkanes of at least 4 members (excludes halogenated alkanes) is 1. The summed E-state index contributed by atoms with van der Waals surface area (Å²) in [5.41, 5.74) is -0.374. The van der Waals surface area contributed by atoms with Crippen LogP contribution in [0.4, 0.5) is 0 Å². The minimum Gasteiger partial charge on any atom is -0.490 e. The van der Waals surface area contributed by atoms with Gasteiger partial charge in [0.15, 0.2) is 11.5 Å². The topological polar surface area (TPSA) is 94.1 Å². The lowest BCUT2D eigenvalue weighted by molar-refractivity contribution is -0.139. The van der Waals surface area contributed by atoms with Gasteiger partial charge in [0.05, 0.1) is 25.2 Å². The van der Waals surface area contributed by atoms with Crippen molar-refractivity contribution in [3.8, 4) is 11.5 Å². The molecule has 2 N–H and O–H groups in total. The van der Waals surface area contributed by atoms with Crippen LogP contribution in [0.15, 0.2) is 18.2 Å². The van der Waals surface area contributed by atoms with E-state index in [-0.39, 0.29) is 12.3 Å². The van der Waals surface area contributed by atoms with Crippen molar-refractivity contribution in [3.63, 3.8) is 0 Å². The summed E-state index contributed by atoms with van der Waals surface area (Å²) in [7, 11) is 0. The second kappa shape index (κ2) is 10.2. The Kier molecular flexibility index (Phi) is 7.91. The van der Waals surface area contributed by atoms with Crippen LogP contribution in [0.25, 0.3) is 0 Å². The molecule has 0 spiro atoms. The van der Waals surface area contributed by atoms with Gasteiger partial charge in [0, 0.05) is 18.8 Å². The Morgan fingerprint density at radius 3 is 2.56 bits per heavy atom. The van der Waals surface area contributed by atoms with Gasteiger partial charge in [-0.1, -0.05) is 13.3 Å². The predicted molar refractivity (Wildman–Crippen MR) is 101 cm³/mol. The summed E-state index contributed by atoms with van der Waals surface area (Å²) in [6, 6.07) is 5.05. The predicted octanol–water partition coefficient (Wildman–Crippen LogP) is 3.02. The highest BCUT2D eigenvalue weighted by molar-refractivity contribution is 5.95. The molecule has 7 nitrogen and oxygen atoms in total. The van der Waals surface area contributed by atoms with E-state index in [0.29, 0.717) is 56.3 Å². The van der Waals surface area contributed by atoms with Gasteiger partial charge in [-0.05, 0) is 44.4 Å². The van der Waals surface area contributed by atoms with Crippen LogP contribution >= 0.6 is 0 Å². The Morgan fingerprint density at radius 1 is 1.19 bits per heavy atom. The molecule has 1 aromatic rings. The number of hydrogen-bond donors (Lipinski definition) is 2. The number of benzene rings is 1. The van der Waals surface area contributed by atoms with Crippen LogP contribution in [0.2, 0.25) is 0 Å². The summed E-state index contributed by atoms with van der Waals surface area (Å²) >= 11 is 0. The highest BCUT2D eigenvalue weighted by atomic mass is 16.5. The molecule has 0 unspecified atom stereocenters. The van der Waals surface area contributed by atoms with Gasteiger partial charge in [-0.3, -0.25) is 9.59 Å². The van der Waals surface area contributed by atoms with E-state index < -0.39 is 11.5 Å². The van der Waals surface area contributed by atoms with E-state index in [1.807, 2.05) is 6.92 Å². The van der Waals surface area contributed by atoms with Crippen LogP contribution in [-0.4, -0.2) is 48.9 Å². The Labute approximate surface area is 160 Å². The van der Waals surface area contributed by atoms with Gasteiger partial charge >= 0.3 is 5.97 Å². The maximum absolute atomic E-state index is 12.8. The molecule has 1 amide bonds. The smallest absolute Gasteiger partial charge is 0.305 e. The van der Waals surface area contributed by atoms with Crippen molar-refractivity contribution in [2.45, 2.75) is 51.5 Å². The average Bonchev–Trinajstić information content (AvgIpc) is 2.63. The monoisotopic (exact) mass is 379 g/mol. The number of rotatable bonds is 10. The van der Waals surface area contributed by atoms with Crippen LogP contribution in [0, 0.1) is 0 Å². The molecule has 150 valence electrons. The summed E-state index contributed by atoms with van der Waals surface area (Å²) in [6.45, 7) is 5.86. The van der Waals surface area contributed by atoms with Gasteiger partial charge in [-0.25, -0.2) is 0 Å². The molecular formula is C20H29NO6. The Bertz CT molecular complexity index is 639. The first-order valence-electron chi connectivity index (χ1n) is 9.51. The molecule has 0 bridgehead atoms. The first-order chi connectivity index (χ1) is 13.0. The molecule has 1 aliphatic heterocycles. The van der Waals surface area contributed by atoms with Gasteiger partial charge in [-0.2, -0.15) is 0 Å². The van der Waals surface area contributed by atoms with Crippen LogP contribution in [-0.2, 0) is 9.53 Å². The largest absolute Gasteiger partial charge is 0.490 e. The van der Waals surface area contributed by atoms with E-state index in [9.17, 15) is 14.7 Å². The second-order valence-electron chi connectivity index (χ2n) is 6.71. The minimum absolute atomic E-state index is 0.126. The molecule has 2 rings (SSSR count). The zero-order valence-corrected chi connectivity index (χ0v) is 16.1. The van der Waals surface area contributed by atoms with E-state index in [1.54, 1.807) is 18.2 Å². The van der Waals surface area contributed by atoms with E-state index in [4.69, 9.17) is 14.2 Å². The fraction of sp³-hybridized carbons (Fsp3) is 0.600. The summed E-state index contributed by atoms with van der Waals surface area (Å²) in [4.78, 5) is 24.1. The highest BCUT2D eigenvalue weighted by Crippen LogP contribution is 2.30. The van der Waals surface area contributed by atoms with Crippen molar-refractivity contribution >= 4 is 11.9 Å². The van der Waals surface area contributed by atoms with Crippen LogP contribution in [0.5, 0.6) is 11.5 Å². The number of nitrogens with one attached hydrogen (secondary N) is 1. The molecule has 27 heavy (non-hydrogen) atoms. The SMILES string of the molecule is CCCCOc1ccc(C(=O)NC2(CC(=O)O)CCOCC2)cc1OCC. The van der Waals surface area contributed by atoms with Gasteiger partial charge < -0.3 is 24.6 Å². The van der Waals surface area contributed by atoms with Crippen molar-refractivity contribution in [3.05, 3.63) is 23.8 Å². The number of amides is 1. The summed E-state index contributed by atoms with van der Waals surface area (Å²) in [5.74, 6) is -0.139. The van der Waals surface area contributed by atoms with Crippen molar-refractivity contribution in [1.82, 2.24) is 5.32 Å². The molecule has 1 heterocycles. The minimum atomic E-state index is -0.938. The molecule has 0 aromatic heterocycles. The Morgan fingerprint density at radius 2 is 1.93 bits per heavy atom. The molecule has 1 aromatic carbocycles. The molecule has 0 radical (unpaired) electrons. The first-order valence-corrected chi connectivity index (χ1v) is 9.51. The van der Waals surface area contributed by atoms with Crippen molar-refractivity contribution < 1.29 is 28.9 Å². The number of carbonyl (C=O) groups is 2. The van der Waals surface area contributed by atoms with Gasteiger partial charge in [0.25, 0.3) is 5.91 Å². The van der Waals surface area contributed by atoms with Gasteiger partial charge in [0.1, 0.15) is 0 Å². The highest BCUT2D eigenvalue weighted by Gasteiger charge is 2.36. The first kappa shape index (κ1) is 21.0. The van der Waals surface area contributed by atoms with Crippen LogP contribution in [0.3, 0.4) is 0 Å². The number of hydrogen-bond acceptors (Lipinski definition) is 5. The Balaban J connectivity index is 2.16. The molecule has 0 atom stereocenters. The number of aliphatic carboxylic acids is 1. The van der Waals surface area contributed by atoms with Crippen LogP contribution < -0.4 is 14.8 Å². The van der Waals surface area contributed by atoms with Crippen LogP contribution in [0.1, 0.15) is 56.3 Å². The van der Waals surface area contributed by atoms with Crippen molar-refractivity contribution in [2.75, 3.05) is 26.4 Å². The zero-order chi connectivity index (χ0) is 19.7. The molecule has 7 heteroatoms. The third kappa shape index (κ3) is 6.13. The van der Waals surface area contributed by atoms with Crippen molar-refractivity contribution in [2.24, 2.45) is 0 Å². The van der Waals surface area contributed by atoms with E-state index in [0.717, 1.165) is 12.8 Å². The third-order valence-corrected chi connectivity index (χ3v) is 4.58. The molecule has 0 aliphatic carbocycles. The summed E-state index contributed by atoms with van der Waals surface area (Å²) < 4.78 is 16.7. The average molecular weight is 379 g/mol. The lowest BCUT2D eigenvalue weighted by Gasteiger charge is -2.36. The lowest BCUT2D eigenvalue weighted by atomic mass is 9.86. The fourth-order valence-corrected chi connectivity index (χ4v) is 3.07. The lowest BCUT2D eigenvalue weighted by Crippen LogP contribution is -2.53. The van der Waals surface area contributed by atoms with E-state index in [1.165, 1.54) is 0 Å². The van der Waals surface area contributed by atoms with E-state index in [2.05, 4.69) is 12.2 Å². The fourth-order valence-electron chi connectivity index (χ4n) is 3.07. The standard InChI is InChI=1S/C20H29NO6/c1-3-5-10-27-16-7-6-15(13-17(16)26-4-2)19(24)21-20(14-18(22)23)8-11-25-12-9-20/h6-7,13H,3-5,8-12,14H2,1-2H3,(H,21,24)(H,22,23). The van der Waals surface area contributed by atoms with E-state index >= 15 is 0 Å². The number of ether oxygens (including phenoxy) is 3. The summed E-state index contributed by atoms with van der Waals surface area (Å²) in [5, 5.41) is 12.2. The Hall–Kier alpha value is -2.28. The number of carboxylic acid groups (broad SMARTS) is 1. The quantitative estimate of drug-likeness (QED) is 0.607.